The van der Waals surface area contributed by atoms with Gasteiger partial charge in [-0.1, -0.05) is 5.16 Å². The maximum atomic E-state index is 12.1. The molecule has 1 amide bonds. The molecule has 2 N–H and O–H groups in total. The van der Waals surface area contributed by atoms with E-state index < -0.39 is 0 Å². The zero-order valence-electron chi connectivity index (χ0n) is 12.1. The lowest BCUT2D eigenvalue weighted by molar-refractivity contribution is -0.132. The first-order valence-corrected chi connectivity index (χ1v) is 7.11. The summed E-state index contributed by atoms with van der Waals surface area (Å²) in [5, 5.41) is 3.87. The number of nitrogens with two attached hydrogens (primary N) is 1. The fraction of sp³-hybridized carbons (Fsp3) is 0.500. The molecule has 0 saturated carbocycles. The summed E-state index contributed by atoms with van der Waals surface area (Å²) in [5.74, 6) is 1.03. The maximum absolute atomic E-state index is 12.1. The van der Waals surface area contributed by atoms with E-state index in [1.807, 2.05) is 4.90 Å². The van der Waals surface area contributed by atoms with E-state index in [1.165, 1.54) is 0 Å². The molecule has 1 atom stereocenters. The average Bonchev–Trinajstić information content (AvgIpc) is 3.15. The van der Waals surface area contributed by atoms with E-state index in [1.54, 1.807) is 18.6 Å². The van der Waals surface area contributed by atoms with Gasteiger partial charge in [0.15, 0.2) is 0 Å². The Kier molecular flexibility index (Phi) is 5.57. The van der Waals surface area contributed by atoms with Gasteiger partial charge in [-0.15, -0.1) is 12.4 Å². The Hall–Kier alpha value is -1.86. The molecule has 8 heteroatoms. The molecule has 0 spiro atoms. The van der Waals surface area contributed by atoms with Crippen molar-refractivity contribution < 1.29 is 13.7 Å². The third kappa shape index (κ3) is 3.86. The second-order valence-electron chi connectivity index (χ2n) is 5.27. The van der Waals surface area contributed by atoms with Gasteiger partial charge in [-0.3, -0.25) is 4.79 Å². The summed E-state index contributed by atoms with van der Waals surface area (Å²) in [6, 6.07) is 1.85. The Balaban J connectivity index is 0.00000176. The van der Waals surface area contributed by atoms with Crippen LogP contribution >= 0.6 is 12.4 Å². The number of aromatic nitrogens is 2. The SMILES string of the molecule is Cl.NC1CCCN(C(=O)CCc2nc(-c3ccoc3)no2)C1. The van der Waals surface area contributed by atoms with Crippen molar-refractivity contribution in [2.75, 3.05) is 13.1 Å². The number of carbonyl (C=O) groups is 1. The van der Waals surface area contributed by atoms with E-state index in [0.717, 1.165) is 24.9 Å². The van der Waals surface area contributed by atoms with Crippen LogP contribution < -0.4 is 5.73 Å². The molecular formula is C14H19ClN4O3. The molecular weight excluding hydrogens is 308 g/mol. The van der Waals surface area contributed by atoms with Crippen LogP contribution in [0.4, 0.5) is 0 Å². The first-order valence-electron chi connectivity index (χ1n) is 7.11. The van der Waals surface area contributed by atoms with Crippen molar-refractivity contribution in [3.8, 4) is 11.4 Å². The molecule has 1 fully saturated rings. The number of likely N-dealkylation sites (tertiary alicyclic amines) is 1. The quantitative estimate of drug-likeness (QED) is 0.917. The molecule has 0 radical (unpaired) electrons. The van der Waals surface area contributed by atoms with Gasteiger partial charge in [0.2, 0.25) is 17.6 Å². The maximum Gasteiger partial charge on any atom is 0.227 e. The molecule has 0 aliphatic carbocycles. The zero-order valence-corrected chi connectivity index (χ0v) is 12.9. The first-order chi connectivity index (χ1) is 10.2. The van der Waals surface area contributed by atoms with Crippen LogP contribution in [0.15, 0.2) is 27.5 Å². The number of amides is 1. The standard InChI is InChI=1S/C14H18N4O3.ClH/c15-11-2-1-6-18(8-11)13(19)4-3-12-16-14(17-21-12)10-5-7-20-9-10;/h5,7,9,11H,1-4,6,8,15H2;1H. The lowest BCUT2D eigenvalue weighted by Crippen LogP contribution is -2.45. The topological polar surface area (TPSA) is 98.4 Å². The highest BCUT2D eigenvalue weighted by molar-refractivity contribution is 5.85. The highest BCUT2D eigenvalue weighted by Crippen LogP contribution is 2.17. The Bertz CT molecular complexity index is 599. The highest BCUT2D eigenvalue weighted by atomic mass is 35.5. The van der Waals surface area contributed by atoms with Gasteiger partial charge in [-0.25, -0.2) is 0 Å². The minimum Gasteiger partial charge on any atom is -0.472 e. The average molecular weight is 327 g/mol. The number of halogens is 1. The van der Waals surface area contributed by atoms with Gasteiger partial charge in [-0.2, -0.15) is 4.98 Å². The summed E-state index contributed by atoms with van der Waals surface area (Å²) >= 11 is 0. The van der Waals surface area contributed by atoms with Gasteiger partial charge in [0.25, 0.3) is 0 Å². The van der Waals surface area contributed by atoms with Crippen LogP contribution in [0, 0.1) is 0 Å². The van der Waals surface area contributed by atoms with Crippen molar-refractivity contribution in [2.24, 2.45) is 5.73 Å². The zero-order chi connectivity index (χ0) is 14.7. The van der Waals surface area contributed by atoms with Crippen LogP contribution in [0.2, 0.25) is 0 Å². The molecule has 1 aliphatic heterocycles. The molecule has 2 aromatic rings. The Labute approximate surface area is 134 Å². The number of carbonyl (C=O) groups excluding carboxylic acids is 1. The van der Waals surface area contributed by atoms with Crippen LogP contribution in [-0.4, -0.2) is 40.1 Å². The minimum atomic E-state index is 0. The summed E-state index contributed by atoms with van der Waals surface area (Å²) in [6.45, 7) is 1.43. The molecule has 3 rings (SSSR count). The highest BCUT2D eigenvalue weighted by Gasteiger charge is 2.21. The van der Waals surface area contributed by atoms with E-state index in [9.17, 15) is 4.79 Å². The molecule has 1 saturated heterocycles. The second kappa shape index (κ2) is 7.42. The molecule has 1 aliphatic rings. The number of rotatable bonds is 4. The molecule has 0 aromatic carbocycles. The third-order valence-electron chi connectivity index (χ3n) is 3.61. The summed E-state index contributed by atoms with van der Waals surface area (Å²) in [6.07, 6.45) is 5.86. The van der Waals surface area contributed by atoms with E-state index in [4.69, 9.17) is 14.7 Å². The molecule has 3 heterocycles. The van der Waals surface area contributed by atoms with Crippen molar-refractivity contribution in [2.45, 2.75) is 31.7 Å². The normalized spacial score (nSPS) is 18.0. The van der Waals surface area contributed by atoms with Crippen LogP contribution in [0.1, 0.15) is 25.2 Å². The Morgan fingerprint density at radius 3 is 3.09 bits per heavy atom. The van der Waals surface area contributed by atoms with E-state index in [0.29, 0.717) is 31.1 Å². The van der Waals surface area contributed by atoms with Crippen LogP contribution in [-0.2, 0) is 11.2 Å². The summed E-state index contributed by atoms with van der Waals surface area (Å²) in [5.41, 5.74) is 6.65. The number of furan rings is 1. The van der Waals surface area contributed by atoms with Gasteiger partial charge in [0.1, 0.15) is 6.26 Å². The van der Waals surface area contributed by atoms with Crippen molar-refractivity contribution >= 4 is 18.3 Å². The monoisotopic (exact) mass is 326 g/mol. The fourth-order valence-corrected chi connectivity index (χ4v) is 2.47. The van der Waals surface area contributed by atoms with Crippen molar-refractivity contribution in [1.29, 1.82) is 0 Å². The number of piperidine rings is 1. The lowest BCUT2D eigenvalue weighted by atomic mass is 10.1. The van der Waals surface area contributed by atoms with Crippen molar-refractivity contribution in [1.82, 2.24) is 15.0 Å². The summed E-state index contributed by atoms with van der Waals surface area (Å²) < 4.78 is 10.1. The molecule has 7 nitrogen and oxygen atoms in total. The number of hydrogen-bond donors (Lipinski definition) is 1. The third-order valence-corrected chi connectivity index (χ3v) is 3.61. The largest absolute Gasteiger partial charge is 0.472 e. The number of aryl methyl sites for hydroxylation is 1. The summed E-state index contributed by atoms with van der Waals surface area (Å²) in [7, 11) is 0. The van der Waals surface area contributed by atoms with Gasteiger partial charge in [-0.05, 0) is 18.9 Å². The van der Waals surface area contributed by atoms with Gasteiger partial charge < -0.3 is 19.6 Å². The van der Waals surface area contributed by atoms with E-state index in [2.05, 4.69) is 10.1 Å². The van der Waals surface area contributed by atoms with Crippen molar-refractivity contribution in [3.63, 3.8) is 0 Å². The van der Waals surface area contributed by atoms with E-state index >= 15 is 0 Å². The molecule has 2 aromatic heterocycles. The minimum absolute atomic E-state index is 0. The number of nitrogens with zero attached hydrogens (tertiary/aromatic N) is 3. The Morgan fingerprint density at radius 2 is 2.36 bits per heavy atom. The predicted octanol–water partition coefficient (Wildman–Crippen LogP) is 1.63. The number of hydrogen-bond acceptors (Lipinski definition) is 6. The lowest BCUT2D eigenvalue weighted by Gasteiger charge is -2.30. The second-order valence-corrected chi connectivity index (χ2v) is 5.27. The van der Waals surface area contributed by atoms with Gasteiger partial charge in [0.05, 0.1) is 11.8 Å². The van der Waals surface area contributed by atoms with Crippen LogP contribution in [0.3, 0.4) is 0 Å². The molecule has 0 bridgehead atoms. The predicted molar refractivity (Wildman–Crippen MR) is 81.4 cm³/mol. The summed E-state index contributed by atoms with van der Waals surface area (Å²) in [4.78, 5) is 18.2. The van der Waals surface area contributed by atoms with Gasteiger partial charge >= 0.3 is 0 Å². The molecule has 120 valence electrons. The van der Waals surface area contributed by atoms with Crippen molar-refractivity contribution in [3.05, 3.63) is 24.5 Å². The van der Waals surface area contributed by atoms with Gasteiger partial charge in [0, 0.05) is 32.0 Å². The van der Waals surface area contributed by atoms with Crippen LogP contribution in [0.5, 0.6) is 0 Å². The fourth-order valence-electron chi connectivity index (χ4n) is 2.47. The molecule has 22 heavy (non-hydrogen) atoms. The molecule has 1 unspecified atom stereocenters. The first kappa shape index (κ1) is 16.5. The van der Waals surface area contributed by atoms with Crippen LogP contribution in [0.25, 0.3) is 11.4 Å². The van der Waals surface area contributed by atoms with E-state index in [-0.39, 0.29) is 24.4 Å². The Morgan fingerprint density at radius 1 is 1.50 bits per heavy atom. The smallest absolute Gasteiger partial charge is 0.227 e.